The topological polar surface area (TPSA) is 35.5 Å². The average Bonchev–Trinajstić information content (AvgIpc) is 2.52. The van der Waals surface area contributed by atoms with Gasteiger partial charge in [0.25, 0.3) is 0 Å². The highest BCUT2D eigenvalue weighted by Crippen LogP contribution is 2.24. The lowest BCUT2D eigenvalue weighted by molar-refractivity contribution is 0.104. The fourth-order valence-electron chi connectivity index (χ4n) is 1.93. The van der Waals surface area contributed by atoms with Crippen LogP contribution in [0.1, 0.15) is 15.9 Å². The number of hydrogen-bond donors (Lipinski definition) is 0. The Balaban J connectivity index is 2.29. The number of halogens is 1. The molecule has 0 saturated carbocycles. The molecule has 0 spiro atoms. The van der Waals surface area contributed by atoms with E-state index in [2.05, 4.69) is 0 Å². The molecule has 0 aliphatic rings. The molecule has 0 saturated heterocycles. The fourth-order valence-corrected chi connectivity index (χ4v) is 2.10. The van der Waals surface area contributed by atoms with E-state index in [0.29, 0.717) is 22.1 Å². The van der Waals surface area contributed by atoms with Crippen molar-refractivity contribution in [2.24, 2.45) is 0 Å². The highest BCUT2D eigenvalue weighted by atomic mass is 35.5. The molecule has 0 amide bonds. The summed E-state index contributed by atoms with van der Waals surface area (Å²) in [7, 11) is 3.11. The van der Waals surface area contributed by atoms with E-state index in [1.165, 1.54) is 13.2 Å². The number of ether oxygens (including phenoxy) is 2. The summed E-state index contributed by atoms with van der Waals surface area (Å²) >= 11 is 5.93. The van der Waals surface area contributed by atoms with Gasteiger partial charge in [-0.3, -0.25) is 4.79 Å². The van der Waals surface area contributed by atoms with Crippen molar-refractivity contribution < 1.29 is 14.3 Å². The smallest absolute Gasteiger partial charge is 0.189 e. The van der Waals surface area contributed by atoms with Gasteiger partial charge in [-0.1, -0.05) is 29.8 Å². The van der Waals surface area contributed by atoms with Gasteiger partial charge >= 0.3 is 0 Å². The molecule has 2 aromatic rings. The molecule has 0 bridgehead atoms. The molecule has 3 nitrogen and oxygen atoms in total. The molecule has 2 aromatic carbocycles. The second kappa shape index (κ2) is 6.95. The minimum atomic E-state index is -0.180. The third kappa shape index (κ3) is 3.64. The Morgan fingerprint density at radius 2 is 1.76 bits per heavy atom. The summed E-state index contributed by atoms with van der Waals surface area (Å²) in [6.45, 7) is 0. The van der Waals surface area contributed by atoms with Crippen LogP contribution in [0.2, 0.25) is 5.02 Å². The van der Waals surface area contributed by atoms with E-state index < -0.39 is 0 Å². The van der Waals surface area contributed by atoms with Gasteiger partial charge in [0.2, 0.25) is 0 Å². The Morgan fingerprint density at radius 3 is 2.48 bits per heavy atom. The van der Waals surface area contributed by atoms with Crippen LogP contribution < -0.4 is 9.47 Å². The summed E-state index contributed by atoms with van der Waals surface area (Å²) < 4.78 is 10.4. The molecule has 4 heteroatoms. The molecule has 0 aliphatic carbocycles. The van der Waals surface area contributed by atoms with Gasteiger partial charge in [-0.05, 0) is 36.4 Å². The number of ketones is 1. The van der Waals surface area contributed by atoms with E-state index in [0.717, 1.165) is 5.56 Å². The van der Waals surface area contributed by atoms with Crippen LogP contribution in [0.4, 0.5) is 0 Å². The molecule has 2 rings (SSSR count). The van der Waals surface area contributed by atoms with Crippen molar-refractivity contribution in [1.82, 2.24) is 0 Å². The summed E-state index contributed by atoms with van der Waals surface area (Å²) in [5.41, 5.74) is 1.26. The number of para-hydroxylation sites is 1. The largest absolute Gasteiger partial charge is 0.496 e. The first kappa shape index (κ1) is 15.1. The highest BCUT2D eigenvalue weighted by Gasteiger charge is 2.10. The van der Waals surface area contributed by atoms with Crippen molar-refractivity contribution in [3.63, 3.8) is 0 Å². The summed E-state index contributed by atoms with van der Waals surface area (Å²) in [6.07, 6.45) is 3.19. The normalized spacial score (nSPS) is 10.6. The number of carbonyl (C=O) groups is 1. The second-order valence-electron chi connectivity index (χ2n) is 4.28. The lowest BCUT2D eigenvalue weighted by atomic mass is 10.1. The average molecular weight is 303 g/mol. The maximum absolute atomic E-state index is 12.3. The highest BCUT2D eigenvalue weighted by molar-refractivity contribution is 6.31. The Bertz CT molecular complexity index is 677. The molecular formula is C17H15ClO3. The van der Waals surface area contributed by atoms with Crippen LogP contribution in [0.25, 0.3) is 6.08 Å². The van der Waals surface area contributed by atoms with Crippen molar-refractivity contribution >= 4 is 23.5 Å². The third-order valence-electron chi connectivity index (χ3n) is 2.98. The van der Waals surface area contributed by atoms with E-state index >= 15 is 0 Å². The monoisotopic (exact) mass is 302 g/mol. The zero-order valence-corrected chi connectivity index (χ0v) is 12.6. The van der Waals surface area contributed by atoms with Gasteiger partial charge in [0.1, 0.15) is 11.5 Å². The Morgan fingerprint density at radius 1 is 1.05 bits per heavy atom. The van der Waals surface area contributed by atoms with Crippen molar-refractivity contribution in [3.8, 4) is 11.5 Å². The van der Waals surface area contributed by atoms with E-state index in [1.807, 2.05) is 24.3 Å². The van der Waals surface area contributed by atoms with Gasteiger partial charge in [-0.2, -0.15) is 0 Å². The number of rotatable bonds is 5. The molecule has 0 fully saturated rings. The summed E-state index contributed by atoms with van der Waals surface area (Å²) in [6, 6.07) is 12.4. The number of benzene rings is 2. The molecule has 0 heterocycles. The number of carbonyl (C=O) groups excluding carboxylic acids is 1. The van der Waals surface area contributed by atoms with Crippen molar-refractivity contribution in [1.29, 1.82) is 0 Å². The number of methoxy groups -OCH3 is 2. The van der Waals surface area contributed by atoms with Gasteiger partial charge in [-0.15, -0.1) is 0 Å². The van der Waals surface area contributed by atoms with Gasteiger partial charge < -0.3 is 9.47 Å². The van der Waals surface area contributed by atoms with Crippen LogP contribution in [0, 0.1) is 0 Å². The van der Waals surface area contributed by atoms with Crippen LogP contribution in [-0.4, -0.2) is 20.0 Å². The Kier molecular flexibility index (Phi) is 5.01. The summed E-state index contributed by atoms with van der Waals surface area (Å²) in [5, 5.41) is 0.491. The van der Waals surface area contributed by atoms with Gasteiger partial charge in [-0.25, -0.2) is 0 Å². The quantitative estimate of drug-likeness (QED) is 0.612. The molecule has 21 heavy (non-hydrogen) atoms. The number of allylic oxidation sites excluding steroid dienone is 1. The van der Waals surface area contributed by atoms with E-state index in [4.69, 9.17) is 21.1 Å². The van der Waals surface area contributed by atoms with Crippen LogP contribution in [0.15, 0.2) is 48.5 Å². The predicted molar refractivity (Wildman–Crippen MR) is 84.4 cm³/mol. The van der Waals surface area contributed by atoms with Gasteiger partial charge in [0.15, 0.2) is 5.78 Å². The molecule has 0 aromatic heterocycles. The molecule has 0 unspecified atom stereocenters. The molecule has 0 radical (unpaired) electrons. The van der Waals surface area contributed by atoms with Crippen LogP contribution >= 0.6 is 11.6 Å². The zero-order valence-electron chi connectivity index (χ0n) is 11.8. The maximum Gasteiger partial charge on any atom is 0.189 e. The summed E-state index contributed by atoms with van der Waals surface area (Å²) in [4.78, 5) is 12.3. The third-order valence-corrected chi connectivity index (χ3v) is 3.22. The van der Waals surface area contributed by atoms with Crippen LogP contribution in [0.5, 0.6) is 11.5 Å². The first-order valence-corrected chi connectivity index (χ1v) is 6.72. The fraction of sp³-hybridized carbons (Fsp3) is 0.118. The first-order chi connectivity index (χ1) is 10.2. The Labute approximate surface area is 128 Å². The second-order valence-corrected chi connectivity index (χ2v) is 4.72. The minimum Gasteiger partial charge on any atom is -0.496 e. The van der Waals surface area contributed by atoms with Crippen LogP contribution in [0.3, 0.4) is 0 Å². The van der Waals surface area contributed by atoms with E-state index in [1.54, 1.807) is 31.4 Å². The maximum atomic E-state index is 12.3. The molecule has 0 atom stereocenters. The zero-order chi connectivity index (χ0) is 15.2. The lowest BCUT2D eigenvalue weighted by Crippen LogP contribution is -1.99. The molecule has 0 aliphatic heterocycles. The SMILES string of the molecule is COc1ccccc1C=CC(=O)c1cc(Cl)ccc1OC. The van der Waals surface area contributed by atoms with Crippen molar-refractivity contribution in [2.75, 3.05) is 14.2 Å². The number of hydrogen-bond acceptors (Lipinski definition) is 3. The van der Waals surface area contributed by atoms with E-state index in [9.17, 15) is 4.79 Å². The molecule has 0 N–H and O–H groups in total. The predicted octanol–water partition coefficient (Wildman–Crippen LogP) is 4.25. The molecular weight excluding hydrogens is 288 g/mol. The standard InChI is InChI=1S/C17H15ClO3/c1-20-16-6-4-3-5-12(16)7-9-15(19)14-11-13(18)8-10-17(14)21-2/h3-11H,1-2H3. The van der Waals surface area contributed by atoms with Crippen LogP contribution in [-0.2, 0) is 0 Å². The lowest BCUT2D eigenvalue weighted by Gasteiger charge is -2.06. The van der Waals surface area contributed by atoms with E-state index in [-0.39, 0.29) is 5.78 Å². The minimum absolute atomic E-state index is 0.180. The molecule has 108 valence electrons. The van der Waals surface area contributed by atoms with Crippen molar-refractivity contribution in [3.05, 3.63) is 64.7 Å². The Hall–Kier alpha value is -2.26. The van der Waals surface area contributed by atoms with Gasteiger partial charge in [0, 0.05) is 10.6 Å². The van der Waals surface area contributed by atoms with Gasteiger partial charge in [0.05, 0.1) is 19.8 Å². The summed E-state index contributed by atoms with van der Waals surface area (Å²) in [5.74, 6) is 1.02. The van der Waals surface area contributed by atoms with Crippen molar-refractivity contribution in [2.45, 2.75) is 0 Å². The first-order valence-electron chi connectivity index (χ1n) is 6.34.